The summed E-state index contributed by atoms with van der Waals surface area (Å²) in [4.78, 5) is 5.47. The van der Waals surface area contributed by atoms with Gasteiger partial charge in [-0.15, -0.1) is 0 Å². The summed E-state index contributed by atoms with van der Waals surface area (Å²) < 4.78 is 37.6. The molecule has 0 saturated heterocycles. The normalized spacial score (nSPS) is 11.6. The molecule has 0 saturated carbocycles. The quantitative estimate of drug-likeness (QED) is 0.785. The van der Waals surface area contributed by atoms with Crippen LogP contribution in [-0.4, -0.2) is 9.97 Å². The average molecular weight is 291 g/mol. The molecule has 0 radical (unpaired) electrons. The van der Waals surface area contributed by atoms with Crippen LogP contribution in [-0.2, 0) is 6.18 Å². The van der Waals surface area contributed by atoms with Crippen LogP contribution in [0.15, 0.2) is 30.3 Å². The fourth-order valence-corrected chi connectivity index (χ4v) is 1.71. The molecular weight excluding hydrogens is 285 g/mol. The Balaban J connectivity index is 2.55. The number of aromatic nitrogens is 2. The first-order valence-corrected chi connectivity index (χ1v) is 5.59. The number of aromatic amines is 1. The first-order chi connectivity index (χ1) is 8.36. The molecule has 2 nitrogen and oxygen atoms in total. The Morgan fingerprint density at radius 2 is 1.78 bits per heavy atom. The highest BCUT2D eigenvalue weighted by Crippen LogP contribution is 2.28. The number of rotatable bonds is 1. The van der Waals surface area contributed by atoms with Crippen molar-refractivity contribution in [1.29, 1.82) is 0 Å². The van der Waals surface area contributed by atoms with Crippen molar-refractivity contribution in [2.45, 2.75) is 6.18 Å². The lowest BCUT2D eigenvalue weighted by molar-refractivity contribution is -0.144. The highest BCUT2D eigenvalue weighted by Gasteiger charge is 2.34. The van der Waals surface area contributed by atoms with Crippen molar-refractivity contribution < 1.29 is 13.2 Å². The minimum atomic E-state index is -4.56. The summed E-state index contributed by atoms with van der Waals surface area (Å²) in [6.07, 6.45) is -4.56. The van der Waals surface area contributed by atoms with Crippen molar-refractivity contribution in [2.24, 2.45) is 0 Å². The molecule has 0 spiro atoms. The van der Waals surface area contributed by atoms with Gasteiger partial charge in [0, 0.05) is 10.7 Å². The minimum Gasteiger partial charge on any atom is -0.336 e. The van der Waals surface area contributed by atoms with E-state index in [0.29, 0.717) is 10.6 Å². The molecule has 0 aliphatic heterocycles. The Morgan fingerprint density at radius 1 is 1.17 bits per heavy atom. The Hall–Kier alpha value is -1.40. The third-order valence-corrected chi connectivity index (χ3v) is 2.63. The molecule has 0 fully saturated rings. The Kier molecular flexibility index (Phi) is 3.41. The van der Waals surface area contributed by atoms with Crippen molar-refractivity contribution in [1.82, 2.24) is 9.97 Å². The molecule has 0 aliphatic rings. The van der Waals surface area contributed by atoms with Gasteiger partial charge in [0.1, 0.15) is 4.64 Å². The zero-order valence-corrected chi connectivity index (χ0v) is 10.3. The lowest BCUT2D eigenvalue weighted by Crippen LogP contribution is -2.11. The van der Waals surface area contributed by atoms with Crippen LogP contribution in [0.5, 0.6) is 0 Å². The largest absolute Gasteiger partial charge is 0.449 e. The molecule has 2 aromatic rings. The summed E-state index contributed by atoms with van der Waals surface area (Å²) in [5.74, 6) is -1.11. The number of alkyl halides is 3. The summed E-state index contributed by atoms with van der Waals surface area (Å²) in [7, 11) is 0. The van der Waals surface area contributed by atoms with E-state index >= 15 is 0 Å². The number of nitrogens with one attached hydrogen (secondary N) is 1. The Bertz CT molecular complexity index is 619. The molecule has 1 heterocycles. The zero-order chi connectivity index (χ0) is 13.3. The Labute approximate surface area is 110 Å². The summed E-state index contributed by atoms with van der Waals surface area (Å²) in [5, 5.41) is 0.502. The van der Waals surface area contributed by atoms with Gasteiger partial charge in [-0.3, -0.25) is 0 Å². The zero-order valence-electron chi connectivity index (χ0n) is 8.75. The van der Waals surface area contributed by atoms with Crippen LogP contribution in [0.25, 0.3) is 11.3 Å². The smallest absolute Gasteiger partial charge is 0.336 e. The summed E-state index contributed by atoms with van der Waals surface area (Å²) in [6, 6.07) is 7.74. The van der Waals surface area contributed by atoms with Crippen molar-refractivity contribution >= 4 is 23.8 Å². The van der Waals surface area contributed by atoms with Crippen LogP contribution in [0.4, 0.5) is 13.2 Å². The first-order valence-electron chi connectivity index (χ1n) is 4.81. The van der Waals surface area contributed by atoms with E-state index in [-0.39, 0.29) is 10.3 Å². The maximum atomic E-state index is 12.6. The van der Waals surface area contributed by atoms with Gasteiger partial charge in [-0.1, -0.05) is 36.0 Å². The fourth-order valence-electron chi connectivity index (χ4n) is 1.38. The highest BCUT2D eigenvalue weighted by molar-refractivity contribution is 7.71. The fraction of sp³-hybridized carbons (Fsp3) is 0.0909. The lowest BCUT2D eigenvalue weighted by atomic mass is 10.1. The van der Waals surface area contributed by atoms with Gasteiger partial charge >= 0.3 is 6.18 Å². The number of benzene rings is 1. The van der Waals surface area contributed by atoms with Gasteiger partial charge in [-0.05, 0) is 23.8 Å². The molecule has 18 heavy (non-hydrogen) atoms. The van der Waals surface area contributed by atoms with Crippen LogP contribution >= 0.6 is 23.8 Å². The monoisotopic (exact) mass is 290 g/mol. The van der Waals surface area contributed by atoms with Crippen molar-refractivity contribution in [3.63, 3.8) is 0 Å². The molecule has 1 aromatic heterocycles. The number of H-pyrrole nitrogens is 1. The van der Waals surface area contributed by atoms with Crippen molar-refractivity contribution in [2.75, 3.05) is 0 Å². The van der Waals surface area contributed by atoms with E-state index in [1.54, 1.807) is 24.3 Å². The number of hydrogen-bond acceptors (Lipinski definition) is 2. The summed E-state index contributed by atoms with van der Waals surface area (Å²) in [6.45, 7) is 0. The van der Waals surface area contributed by atoms with Crippen LogP contribution in [0, 0.1) is 4.64 Å². The molecule has 0 atom stereocenters. The predicted octanol–water partition coefficient (Wildman–Crippen LogP) is 4.48. The van der Waals surface area contributed by atoms with Crippen LogP contribution in [0.2, 0.25) is 5.02 Å². The molecule has 7 heteroatoms. The number of hydrogen-bond donors (Lipinski definition) is 1. The van der Waals surface area contributed by atoms with Gasteiger partial charge in [0.15, 0.2) is 0 Å². The molecule has 0 aliphatic carbocycles. The number of nitrogens with zero attached hydrogens (tertiary/aromatic N) is 1. The second-order valence-electron chi connectivity index (χ2n) is 3.49. The molecule has 0 amide bonds. The molecule has 1 aromatic carbocycles. The maximum Gasteiger partial charge on any atom is 0.449 e. The second-order valence-corrected chi connectivity index (χ2v) is 4.34. The number of halogens is 4. The van der Waals surface area contributed by atoms with E-state index in [0.717, 1.165) is 0 Å². The van der Waals surface area contributed by atoms with Gasteiger partial charge in [-0.25, -0.2) is 4.98 Å². The second kappa shape index (κ2) is 4.70. The van der Waals surface area contributed by atoms with Gasteiger partial charge in [-0.2, -0.15) is 13.2 Å². The van der Waals surface area contributed by atoms with E-state index in [1.807, 2.05) is 0 Å². The van der Waals surface area contributed by atoms with Crippen LogP contribution < -0.4 is 0 Å². The van der Waals surface area contributed by atoms with Crippen molar-refractivity contribution in [3.05, 3.63) is 45.8 Å². The molecule has 1 N–H and O–H groups in total. The van der Waals surface area contributed by atoms with Crippen LogP contribution in [0.3, 0.4) is 0 Å². The lowest BCUT2D eigenvalue weighted by Gasteiger charge is -2.08. The topological polar surface area (TPSA) is 28.7 Å². The van der Waals surface area contributed by atoms with Gasteiger partial charge < -0.3 is 4.98 Å². The molecule has 0 bridgehead atoms. The molecule has 0 unspecified atom stereocenters. The predicted molar refractivity (Wildman–Crippen MR) is 64.9 cm³/mol. The minimum absolute atomic E-state index is 0.119. The van der Waals surface area contributed by atoms with E-state index in [1.165, 1.54) is 6.07 Å². The highest BCUT2D eigenvalue weighted by atomic mass is 35.5. The molecular formula is C11H6ClF3N2S. The first kappa shape index (κ1) is 13.0. The van der Waals surface area contributed by atoms with E-state index < -0.39 is 12.0 Å². The molecule has 2 rings (SSSR count). The van der Waals surface area contributed by atoms with E-state index in [2.05, 4.69) is 9.97 Å². The molecule has 94 valence electrons. The van der Waals surface area contributed by atoms with E-state index in [9.17, 15) is 13.2 Å². The third kappa shape index (κ3) is 2.88. The maximum absolute atomic E-state index is 12.6. The standard InChI is InChI=1S/C11H6ClF3N2S/c12-7-3-1-6(2-4-7)8-5-9(18)17-10(16-8)11(13,14)15/h1-5H,(H,16,17,18). The average Bonchev–Trinajstić information content (AvgIpc) is 2.28. The van der Waals surface area contributed by atoms with Crippen LogP contribution in [0.1, 0.15) is 5.82 Å². The van der Waals surface area contributed by atoms with Crippen molar-refractivity contribution in [3.8, 4) is 11.3 Å². The Morgan fingerprint density at radius 3 is 2.33 bits per heavy atom. The third-order valence-electron chi connectivity index (χ3n) is 2.17. The summed E-state index contributed by atoms with van der Waals surface area (Å²) in [5.41, 5.74) is 0.803. The van der Waals surface area contributed by atoms with Gasteiger partial charge in [0.05, 0.1) is 0 Å². The van der Waals surface area contributed by atoms with E-state index in [4.69, 9.17) is 23.8 Å². The SMILES string of the molecule is FC(F)(F)c1nc(=S)cc(-c2ccc(Cl)cc2)[nH]1. The van der Waals surface area contributed by atoms with Gasteiger partial charge in [0.2, 0.25) is 5.82 Å². The van der Waals surface area contributed by atoms with Gasteiger partial charge in [0.25, 0.3) is 0 Å². The summed E-state index contributed by atoms with van der Waals surface area (Å²) >= 11 is 10.4.